The molecule has 2 aromatic rings. The predicted octanol–water partition coefficient (Wildman–Crippen LogP) is 2.81. The molecule has 2 atom stereocenters. The molecule has 0 heterocycles. The summed E-state index contributed by atoms with van der Waals surface area (Å²) in [6.45, 7) is 3.64. The highest BCUT2D eigenvalue weighted by Crippen LogP contribution is 2.27. The zero-order chi connectivity index (χ0) is 20.7. The number of hydrogen-bond donors (Lipinski definition) is 2. The van der Waals surface area contributed by atoms with Crippen molar-refractivity contribution in [2.75, 3.05) is 7.11 Å². The van der Waals surface area contributed by atoms with Crippen molar-refractivity contribution < 1.29 is 23.2 Å². The zero-order valence-electron chi connectivity index (χ0n) is 16.2. The second-order valence-electron chi connectivity index (χ2n) is 6.52. The number of hydrogen-bond acceptors (Lipinski definition) is 5. The number of ether oxygens (including phenoxy) is 1. The lowest BCUT2D eigenvalue weighted by atomic mass is 9.98. The minimum Gasteiger partial charge on any atom is -0.497 e. The fourth-order valence-electron chi connectivity index (χ4n) is 2.94. The second-order valence-corrected chi connectivity index (χ2v) is 8.41. The van der Waals surface area contributed by atoms with Gasteiger partial charge in [-0.05, 0) is 35.7 Å². The Morgan fingerprint density at radius 3 is 2.25 bits per heavy atom. The number of benzene rings is 2. The average molecular weight is 407 g/mol. The number of rotatable bonds is 9. The number of carbonyl (C=O) groups is 1. The van der Waals surface area contributed by atoms with Crippen LogP contribution < -0.4 is 10.2 Å². The van der Waals surface area contributed by atoms with E-state index in [-0.39, 0.29) is 17.4 Å². The quantitative estimate of drug-likeness (QED) is 0.493. The van der Waals surface area contributed by atoms with Crippen molar-refractivity contribution in [1.29, 1.82) is 0 Å². The van der Waals surface area contributed by atoms with Crippen LogP contribution in [0.4, 0.5) is 0 Å². The Hall–Kier alpha value is -2.42. The number of hydroxylamine groups is 1. The molecule has 0 aliphatic rings. The summed E-state index contributed by atoms with van der Waals surface area (Å²) in [5.74, 6) is -0.550. The van der Waals surface area contributed by atoms with Crippen molar-refractivity contribution in [1.82, 2.24) is 9.79 Å². The van der Waals surface area contributed by atoms with E-state index in [2.05, 4.69) is 0 Å². The number of methoxy groups -OCH3 is 1. The van der Waals surface area contributed by atoms with Gasteiger partial charge in [-0.15, -0.1) is 0 Å². The molecule has 152 valence electrons. The molecule has 2 rings (SSSR count). The van der Waals surface area contributed by atoms with Crippen LogP contribution >= 0.6 is 0 Å². The second kappa shape index (κ2) is 9.68. The van der Waals surface area contributed by atoms with Gasteiger partial charge in [0, 0.05) is 6.54 Å². The molecule has 28 heavy (non-hydrogen) atoms. The highest BCUT2D eigenvalue weighted by Gasteiger charge is 2.38. The zero-order valence-corrected chi connectivity index (χ0v) is 17.0. The third-order valence-corrected chi connectivity index (χ3v) is 6.56. The molecule has 0 aliphatic carbocycles. The van der Waals surface area contributed by atoms with Crippen molar-refractivity contribution in [2.45, 2.75) is 37.8 Å². The Morgan fingerprint density at radius 2 is 1.75 bits per heavy atom. The first-order valence-corrected chi connectivity index (χ1v) is 10.4. The van der Waals surface area contributed by atoms with Gasteiger partial charge in [0.2, 0.25) is 10.0 Å². The van der Waals surface area contributed by atoms with Crippen LogP contribution in [0.25, 0.3) is 0 Å². The Bertz CT molecular complexity index is 869. The van der Waals surface area contributed by atoms with E-state index in [1.165, 1.54) is 19.2 Å². The van der Waals surface area contributed by atoms with Gasteiger partial charge in [-0.1, -0.05) is 50.6 Å². The van der Waals surface area contributed by atoms with E-state index in [9.17, 15) is 18.4 Å². The molecule has 7 nitrogen and oxygen atoms in total. The Balaban J connectivity index is 2.55. The molecule has 1 unspecified atom stereocenters. The first-order valence-electron chi connectivity index (χ1n) is 8.98. The molecule has 0 saturated carbocycles. The number of amides is 1. The Kier molecular flexibility index (Phi) is 7.56. The molecular weight excluding hydrogens is 380 g/mol. The third-order valence-electron chi connectivity index (χ3n) is 4.72. The minimum absolute atomic E-state index is 0.00235. The van der Waals surface area contributed by atoms with E-state index in [0.29, 0.717) is 12.2 Å². The summed E-state index contributed by atoms with van der Waals surface area (Å²) in [6, 6.07) is 13.9. The highest BCUT2D eigenvalue weighted by atomic mass is 32.2. The topological polar surface area (TPSA) is 95.9 Å². The summed E-state index contributed by atoms with van der Waals surface area (Å²) in [7, 11) is -2.53. The molecular formula is C20H26N2O5S. The van der Waals surface area contributed by atoms with E-state index < -0.39 is 22.0 Å². The first kappa shape index (κ1) is 21.9. The van der Waals surface area contributed by atoms with E-state index in [1.807, 2.05) is 13.0 Å². The van der Waals surface area contributed by atoms with Crippen molar-refractivity contribution >= 4 is 15.9 Å². The van der Waals surface area contributed by atoms with Gasteiger partial charge in [0.05, 0.1) is 12.0 Å². The van der Waals surface area contributed by atoms with Gasteiger partial charge in [0.15, 0.2) is 0 Å². The molecule has 2 N–H and O–H groups in total. The first-order chi connectivity index (χ1) is 13.3. The Morgan fingerprint density at radius 1 is 1.14 bits per heavy atom. The smallest absolute Gasteiger partial charge is 0.262 e. The van der Waals surface area contributed by atoms with Crippen LogP contribution in [-0.2, 0) is 21.4 Å². The molecule has 1 amide bonds. The summed E-state index contributed by atoms with van der Waals surface area (Å²) in [5.41, 5.74) is 2.36. The van der Waals surface area contributed by atoms with Gasteiger partial charge in [0.25, 0.3) is 5.91 Å². The number of sulfonamides is 1. The summed E-state index contributed by atoms with van der Waals surface area (Å²) in [6.07, 6.45) is 0.557. The molecule has 0 aromatic heterocycles. The SMILES string of the molecule is CCC(C)[C@H](C(=O)NO)N(Cc1ccccc1)S(=O)(=O)c1ccc(OC)cc1. The lowest BCUT2D eigenvalue weighted by Crippen LogP contribution is -2.51. The van der Waals surface area contributed by atoms with E-state index >= 15 is 0 Å². The average Bonchev–Trinajstić information content (AvgIpc) is 2.73. The normalized spacial score (nSPS) is 13.8. The van der Waals surface area contributed by atoms with Gasteiger partial charge in [-0.25, -0.2) is 13.9 Å². The monoisotopic (exact) mass is 406 g/mol. The van der Waals surface area contributed by atoms with Crippen molar-refractivity contribution in [3.8, 4) is 5.75 Å². The summed E-state index contributed by atoms with van der Waals surface area (Å²) in [4.78, 5) is 12.5. The maximum Gasteiger partial charge on any atom is 0.262 e. The lowest BCUT2D eigenvalue weighted by molar-refractivity contribution is -0.135. The maximum absolute atomic E-state index is 13.4. The van der Waals surface area contributed by atoms with Crippen LogP contribution in [0.3, 0.4) is 0 Å². The molecule has 0 saturated heterocycles. The van der Waals surface area contributed by atoms with E-state index in [4.69, 9.17) is 4.74 Å². The molecule has 0 fully saturated rings. The van der Waals surface area contributed by atoms with Crippen molar-refractivity contribution in [3.63, 3.8) is 0 Å². The van der Waals surface area contributed by atoms with Crippen molar-refractivity contribution in [2.24, 2.45) is 5.92 Å². The van der Waals surface area contributed by atoms with Gasteiger partial charge >= 0.3 is 0 Å². The standard InChI is InChI=1S/C20H26N2O5S/c1-4-15(2)19(20(23)21-24)22(14-16-8-6-5-7-9-16)28(25,26)18-12-10-17(27-3)11-13-18/h5-13,15,19,24H,4,14H2,1-3H3,(H,21,23)/t15?,19-/m1/s1. The fraction of sp³-hybridized carbons (Fsp3) is 0.350. The number of carbonyl (C=O) groups excluding carboxylic acids is 1. The predicted molar refractivity (Wildman–Crippen MR) is 105 cm³/mol. The van der Waals surface area contributed by atoms with Crippen molar-refractivity contribution in [3.05, 3.63) is 60.2 Å². The highest BCUT2D eigenvalue weighted by molar-refractivity contribution is 7.89. The molecule has 0 radical (unpaired) electrons. The molecule has 0 bridgehead atoms. The van der Waals surface area contributed by atoms with Gasteiger partial charge in [-0.3, -0.25) is 10.0 Å². The van der Waals surface area contributed by atoms with E-state index in [0.717, 1.165) is 9.87 Å². The lowest BCUT2D eigenvalue weighted by Gasteiger charge is -2.33. The molecule has 2 aromatic carbocycles. The summed E-state index contributed by atoms with van der Waals surface area (Å²) < 4.78 is 33.1. The van der Waals surface area contributed by atoms with Gasteiger partial charge < -0.3 is 4.74 Å². The number of nitrogens with one attached hydrogen (secondary N) is 1. The van der Waals surface area contributed by atoms with E-state index in [1.54, 1.807) is 48.8 Å². The summed E-state index contributed by atoms with van der Waals surface area (Å²) in [5, 5.41) is 9.23. The largest absolute Gasteiger partial charge is 0.497 e. The van der Waals surface area contributed by atoms with Gasteiger partial charge in [0.1, 0.15) is 11.8 Å². The van der Waals surface area contributed by atoms with Crippen LogP contribution in [0.15, 0.2) is 59.5 Å². The fourth-order valence-corrected chi connectivity index (χ4v) is 4.61. The molecule has 0 aliphatic heterocycles. The van der Waals surface area contributed by atoms with Crippen LogP contribution in [0.5, 0.6) is 5.75 Å². The van der Waals surface area contributed by atoms with Crippen LogP contribution in [0.1, 0.15) is 25.8 Å². The molecule has 0 spiro atoms. The minimum atomic E-state index is -4.03. The molecule has 8 heteroatoms. The number of nitrogens with zero attached hydrogens (tertiary/aromatic N) is 1. The maximum atomic E-state index is 13.4. The summed E-state index contributed by atoms with van der Waals surface area (Å²) >= 11 is 0. The third kappa shape index (κ3) is 4.89. The van der Waals surface area contributed by atoms with Crippen LogP contribution in [-0.4, -0.2) is 37.0 Å². The van der Waals surface area contributed by atoms with Crippen LogP contribution in [0.2, 0.25) is 0 Å². The Labute approximate surface area is 166 Å². The van der Waals surface area contributed by atoms with Crippen LogP contribution in [0, 0.1) is 5.92 Å². The van der Waals surface area contributed by atoms with Gasteiger partial charge in [-0.2, -0.15) is 4.31 Å².